The predicted molar refractivity (Wildman–Crippen MR) is 117 cm³/mol. The molecule has 152 valence electrons. The van der Waals surface area contributed by atoms with Gasteiger partial charge in [-0.3, -0.25) is 9.59 Å². The zero-order valence-electron chi connectivity index (χ0n) is 17.0. The Morgan fingerprint density at radius 2 is 1.70 bits per heavy atom. The highest BCUT2D eigenvalue weighted by Crippen LogP contribution is 2.24. The molecule has 1 aliphatic rings. The van der Waals surface area contributed by atoms with E-state index in [9.17, 15) is 9.59 Å². The number of hydrogen-bond donors (Lipinski definition) is 0. The molecule has 0 saturated carbocycles. The normalized spacial score (nSPS) is 13.6. The summed E-state index contributed by atoms with van der Waals surface area (Å²) in [5.74, 6) is -0.0895. The molecule has 5 heteroatoms. The Bertz CT molecular complexity index is 1120. The quantitative estimate of drug-likeness (QED) is 0.653. The molecule has 0 unspecified atom stereocenters. The van der Waals surface area contributed by atoms with E-state index in [2.05, 4.69) is 18.2 Å². The molecule has 2 heterocycles. The van der Waals surface area contributed by atoms with Gasteiger partial charge in [0.1, 0.15) is 6.61 Å². The monoisotopic (exact) mass is 400 g/mol. The second-order valence-electron chi connectivity index (χ2n) is 7.34. The fourth-order valence-electron chi connectivity index (χ4n) is 3.64. The number of aromatic nitrogens is 1. The van der Waals surface area contributed by atoms with Crippen molar-refractivity contribution >= 4 is 11.5 Å². The maximum absolute atomic E-state index is 13.3. The van der Waals surface area contributed by atoms with Gasteiger partial charge in [-0.25, -0.2) is 0 Å². The van der Waals surface area contributed by atoms with Crippen molar-refractivity contribution < 1.29 is 9.53 Å². The molecule has 0 N–H and O–H groups in total. The summed E-state index contributed by atoms with van der Waals surface area (Å²) < 4.78 is 7.51. The summed E-state index contributed by atoms with van der Waals surface area (Å²) in [6, 6.07) is 21.2. The Morgan fingerprint density at radius 1 is 1.00 bits per heavy atom. The van der Waals surface area contributed by atoms with Crippen LogP contribution in [0.3, 0.4) is 0 Å². The maximum Gasteiger partial charge on any atom is 0.274 e. The number of benzene rings is 2. The summed E-state index contributed by atoms with van der Waals surface area (Å²) in [6.07, 6.45) is 4.47. The minimum atomic E-state index is -0.287. The summed E-state index contributed by atoms with van der Waals surface area (Å²) in [7, 11) is 1.76. The first-order valence-corrected chi connectivity index (χ1v) is 10.0. The third-order valence-corrected chi connectivity index (χ3v) is 5.31. The fourth-order valence-corrected chi connectivity index (χ4v) is 3.64. The number of rotatable bonds is 5. The van der Waals surface area contributed by atoms with Crippen LogP contribution in [0.25, 0.3) is 5.57 Å². The van der Waals surface area contributed by atoms with Gasteiger partial charge in [-0.05, 0) is 23.1 Å². The van der Waals surface area contributed by atoms with Gasteiger partial charge in [0.05, 0.1) is 0 Å². The lowest BCUT2D eigenvalue weighted by Gasteiger charge is -2.28. The van der Waals surface area contributed by atoms with Gasteiger partial charge in [-0.2, -0.15) is 0 Å². The standard InChI is InChI=1S/C25H24N2O3/c1-26-15-14-22(28)24(30-18-19-8-4-2-5-9-19)23(26)25(29)27-16-12-21(13-17-27)20-10-6-3-7-11-20/h2-12,14-15H,13,16-18H2,1H3. The van der Waals surface area contributed by atoms with E-state index in [1.807, 2.05) is 48.5 Å². The molecular weight excluding hydrogens is 376 g/mol. The molecule has 3 aromatic rings. The van der Waals surface area contributed by atoms with E-state index in [4.69, 9.17) is 4.74 Å². The van der Waals surface area contributed by atoms with Crippen LogP contribution in [0.1, 0.15) is 28.0 Å². The molecule has 4 rings (SSSR count). The molecule has 0 atom stereocenters. The summed E-state index contributed by atoms with van der Waals surface area (Å²) in [6.45, 7) is 1.34. The minimum absolute atomic E-state index is 0.103. The highest BCUT2D eigenvalue weighted by molar-refractivity contribution is 5.95. The van der Waals surface area contributed by atoms with E-state index in [-0.39, 0.29) is 29.4 Å². The molecule has 1 amide bonds. The molecule has 5 nitrogen and oxygen atoms in total. The van der Waals surface area contributed by atoms with Crippen molar-refractivity contribution in [3.63, 3.8) is 0 Å². The molecule has 0 fully saturated rings. The Balaban J connectivity index is 1.56. The first-order chi connectivity index (χ1) is 14.6. The lowest BCUT2D eigenvalue weighted by atomic mass is 9.99. The average Bonchev–Trinajstić information content (AvgIpc) is 2.80. The smallest absolute Gasteiger partial charge is 0.274 e. The van der Waals surface area contributed by atoms with Gasteiger partial charge in [0.2, 0.25) is 5.43 Å². The average molecular weight is 400 g/mol. The van der Waals surface area contributed by atoms with Crippen LogP contribution in [0, 0.1) is 0 Å². The van der Waals surface area contributed by atoms with Crippen LogP contribution in [-0.2, 0) is 13.7 Å². The number of carbonyl (C=O) groups is 1. The fraction of sp³-hybridized carbons (Fsp3) is 0.200. The number of aryl methyl sites for hydroxylation is 1. The molecule has 0 spiro atoms. The van der Waals surface area contributed by atoms with Crippen molar-refractivity contribution in [2.24, 2.45) is 7.05 Å². The van der Waals surface area contributed by atoms with Crippen LogP contribution in [-0.4, -0.2) is 28.5 Å². The van der Waals surface area contributed by atoms with E-state index in [1.165, 1.54) is 17.2 Å². The van der Waals surface area contributed by atoms with Gasteiger partial charge in [0, 0.05) is 32.4 Å². The van der Waals surface area contributed by atoms with E-state index in [0.29, 0.717) is 13.1 Å². The maximum atomic E-state index is 13.3. The molecule has 30 heavy (non-hydrogen) atoms. The van der Waals surface area contributed by atoms with Crippen LogP contribution in [0.15, 0.2) is 83.8 Å². The van der Waals surface area contributed by atoms with Crippen LogP contribution >= 0.6 is 0 Å². The Hall–Kier alpha value is -3.60. The molecule has 0 aliphatic carbocycles. The van der Waals surface area contributed by atoms with E-state index >= 15 is 0 Å². The molecule has 1 aromatic heterocycles. The molecule has 0 bridgehead atoms. The first-order valence-electron chi connectivity index (χ1n) is 10.0. The first kappa shape index (κ1) is 19.7. The van der Waals surface area contributed by atoms with Gasteiger partial charge >= 0.3 is 0 Å². The van der Waals surface area contributed by atoms with Crippen molar-refractivity contribution in [3.8, 4) is 5.75 Å². The number of hydrogen-bond acceptors (Lipinski definition) is 3. The van der Waals surface area contributed by atoms with Crippen molar-refractivity contribution in [1.29, 1.82) is 0 Å². The third kappa shape index (κ3) is 4.20. The lowest BCUT2D eigenvalue weighted by Crippen LogP contribution is -2.37. The SMILES string of the molecule is Cn1ccc(=O)c(OCc2ccccc2)c1C(=O)N1CC=C(c2ccccc2)CC1. The third-order valence-electron chi connectivity index (χ3n) is 5.31. The van der Waals surface area contributed by atoms with Crippen LogP contribution in [0.2, 0.25) is 0 Å². The van der Waals surface area contributed by atoms with Crippen molar-refractivity contribution in [1.82, 2.24) is 9.47 Å². The van der Waals surface area contributed by atoms with Gasteiger partial charge < -0.3 is 14.2 Å². The highest BCUT2D eigenvalue weighted by Gasteiger charge is 2.25. The molecule has 1 aliphatic heterocycles. The molecule has 0 saturated heterocycles. The number of amides is 1. The summed E-state index contributed by atoms with van der Waals surface area (Å²) in [5.41, 5.74) is 3.36. The summed E-state index contributed by atoms with van der Waals surface area (Å²) in [5, 5.41) is 0. The minimum Gasteiger partial charge on any atom is -0.483 e. The number of pyridine rings is 1. The summed E-state index contributed by atoms with van der Waals surface area (Å²) >= 11 is 0. The second-order valence-corrected chi connectivity index (χ2v) is 7.34. The van der Waals surface area contributed by atoms with Crippen molar-refractivity contribution in [3.05, 3.63) is 106 Å². The van der Waals surface area contributed by atoms with Crippen molar-refractivity contribution in [2.75, 3.05) is 13.1 Å². The predicted octanol–water partition coefficient (Wildman–Crippen LogP) is 3.89. The Morgan fingerprint density at radius 3 is 2.37 bits per heavy atom. The zero-order chi connectivity index (χ0) is 20.9. The zero-order valence-corrected chi connectivity index (χ0v) is 17.0. The second kappa shape index (κ2) is 8.82. The highest BCUT2D eigenvalue weighted by atomic mass is 16.5. The van der Waals surface area contributed by atoms with Gasteiger partial charge in [-0.15, -0.1) is 0 Å². The van der Waals surface area contributed by atoms with Crippen LogP contribution in [0.5, 0.6) is 5.75 Å². The van der Waals surface area contributed by atoms with Crippen LogP contribution in [0.4, 0.5) is 0 Å². The number of ether oxygens (including phenoxy) is 1. The number of carbonyl (C=O) groups excluding carboxylic acids is 1. The van der Waals surface area contributed by atoms with E-state index in [0.717, 1.165) is 12.0 Å². The van der Waals surface area contributed by atoms with E-state index < -0.39 is 0 Å². The summed E-state index contributed by atoms with van der Waals surface area (Å²) in [4.78, 5) is 27.6. The molecular formula is C25H24N2O3. The van der Waals surface area contributed by atoms with Gasteiger partial charge in [0.15, 0.2) is 11.4 Å². The van der Waals surface area contributed by atoms with Crippen molar-refractivity contribution in [2.45, 2.75) is 13.0 Å². The Labute approximate surface area is 175 Å². The molecule has 0 radical (unpaired) electrons. The molecule has 2 aromatic carbocycles. The van der Waals surface area contributed by atoms with E-state index in [1.54, 1.807) is 22.7 Å². The Kier molecular flexibility index (Phi) is 5.80. The lowest BCUT2D eigenvalue weighted by molar-refractivity contribution is 0.0756. The largest absolute Gasteiger partial charge is 0.483 e. The van der Waals surface area contributed by atoms with Gasteiger partial charge in [-0.1, -0.05) is 66.7 Å². The van der Waals surface area contributed by atoms with Crippen LogP contribution < -0.4 is 10.2 Å². The topological polar surface area (TPSA) is 51.5 Å². The van der Waals surface area contributed by atoms with Gasteiger partial charge in [0.25, 0.3) is 5.91 Å². The number of nitrogens with zero attached hydrogens (tertiary/aromatic N) is 2.